The minimum absolute atomic E-state index is 0. The van der Waals surface area contributed by atoms with Crippen molar-refractivity contribution in [1.82, 2.24) is 5.32 Å². The Kier molecular flexibility index (Phi) is 9.56. The van der Waals surface area contributed by atoms with Crippen molar-refractivity contribution in [1.29, 1.82) is 0 Å². The zero-order chi connectivity index (χ0) is 26.1. The van der Waals surface area contributed by atoms with E-state index in [-0.39, 0.29) is 53.1 Å². The van der Waals surface area contributed by atoms with Gasteiger partial charge >= 0.3 is 29.6 Å². The van der Waals surface area contributed by atoms with Crippen molar-refractivity contribution in [3.63, 3.8) is 0 Å². The number of amides is 1. The summed E-state index contributed by atoms with van der Waals surface area (Å²) in [6.07, 6.45) is 3.01. The number of carboxylic acids is 1. The van der Waals surface area contributed by atoms with Crippen molar-refractivity contribution >= 4 is 46.7 Å². The number of carboxylic acid groups (broad SMARTS) is 1. The van der Waals surface area contributed by atoms with Crippen LogP contribution >= 0.6 is 34.8 Å². The minimum atomic E-state index is -1.16. The molecule has 10 heteroatoms. The number of hydrogen-bond acceptors (Lipinski definition) is 5. The molecule has 0 radical (unpaired) electrons. The van der Waals surface area contributed by atoms with Crippen molar-refractivity contribution in [3.8, 4) is 17.2 Å². The fourth-order valence-electron chi connectivity index (χ4n) is 4.96. The first kappa shape index (κ1) is 29.1. The molecule has 1 heterocycles. The molecule has 1 aliphatic carbocycles. The van der Waals surface area contributed by atoms with Crippen molar-refractivity contribution in [2.75, 3.05) is 6.61 Å². The second kappa shape index (κ2) is 12.5. The van der Waals surface area contributed by atoms with E-state index in [0.29, 0.717) is 50.8 Å². The van der Waals surface area contributed by atoms with Gasteiger partial charge in [0.25, 0.3) is 5.91 Å². The Labute approximate surface area is 257 Å². The van der Waals surface area contributed by atoms with Gasteiger partial charge in [-0.15, -0.1) is 0 Å². The van der Waals surface area contributed by atoms with Crippen molar-refractivity contribution in [3.05, 3.63) is 86.4 Å². The van der Waals surface area contributed by atoms with Gasteiger partial charge in [-0.05, 0) is 79.6 Å². The number of ether oxygens (including phenoxy) is 2. The second-order valence-electron chi connectivity index (χ2n) is 9.31. The number of benzene rings is 3. The summed E-state index contributed by atoms with van der Waals surface area (Å²) in [4.78, 5) is 24.3. The number of halogens is 3. The molecule has 6 nitrogen and oxygen atoms in total. The van der Waals surface area contributed by atoms with E-state index >= 15 is 0 Å². The summed E-state index contributed by atoms with van der Waals surface area (Å²) < 4.78 is 11.5. The third kappa shape index (κ3) is 6.44. The smallest absolute Gasteiger partial charge is 0.549 e. The molecular formula is C28H23Cl3NNaO5. The van der Waals surface area contributed by atoms with Crippen molar-refractivity contribution < 1.29 is 53.7 Å². The third-order valence-electron chi connectivity index (χ3n) is 6.92. The van der Waals surface area contributed by atoms with Crippen LogP contribution in [0.3, 0.4) is 0 Å². The Bertz CT molecular complexity index is 1350. The Morgan fingerprint density at radius 1 is 0.921 bits per heavy atom. The zero-order valence-electron chi connectivity index (χ0n) is 20.6. The second-order valence-corrected chi connectivity index (χ2v) is 10.5. The van der Waals surface area contributed by atoms with E-state index < -0.39 is 11.9 Å². The van der Waals surface area contributed by atoms with Crippen LogP contribution in [0.4, 0.5) is 0 Å². The molecule has 1 saturated carbocycles. The van der Waals surface area contributed by atoms with Gasteiger partial charge in [-0.25, -0.2) is 0 Å². The van der Waals surface area contributed by atoms with Gasteiger partial charge in [0.15, 0.2) is 0 Å². The molecule has 5 rings (SSSR count). The molecule has 3 atom stereocenters. The largest absolute Gasteiger partial charge is 1.00 e. The molecule has 1 amide bonds. The Morgan fingerprint density at radius 3 is 2.39 bits per heavy atom. The number of carbonyl (C=O) groups is 2. The first-order chi connectivity index (χ1) is 17.8. The summed E-state index contributed by atoms with van der Waals surface area (Å²) in [7, 11) is 0. The van der Waals surface area contributed by atoms with Crippen LogP contribution in [0.15, 0.2) is 54.6 Å². The Balaban J connectivity index is 0.00000336. The molecule has 3 unspecified atom stereocenters. The molecule has 1 fully saturated rings. The molecule has 38 heavy (non-hydrogen) atoms. The van der Waals surface area contributed by atoms with E-state index in [1.165, 1.54) is 0 Å². The van der Waals surface area contributed by atoms with Gasteiger partial charge in [0.2, 0.25) is 0 Å². The van der Waals surface area contributed by atoms with Gasteiger partial charge in [-0.2, -0.15) is 0 Å². The van der Waals surface area contributed by atoms with Crippen molar-refractivity contribution in [2.45, 2.75) is 43.6 Å². The van der Waals surface area contributed by atoms with Gasteiger partial charge < -0.3 is 24.7 Å². The average Bonchev–Trinajstić information content (AvgIpc) is 3.34. The first-order valence-corrected chi connectivity index (χ1v) is 13.1. The number of fused-ring (bicyclic) bond motifs is 1. The van der Waals surface area contributed by atoms with E-state index in [1.807, 2.05) is 18.2 Å². The third-order valence-corrected chi connectivity index (χ3v) is 7.95. The van der Waals surface area contributed by atoms with E-state index in [4.69, 9.17) is 44.3 Å². The van der Waals surface area contributed by atoms with E-state index in [0.717, 1.165) is 24.8 Å². The van der Waals surface area contributed by atoms with Crippen LogP contribution in [0, 0.1) is 0 Å². The quantitative estimate of drug-likeness (QED) is 0.452. The average molecular weight is 583 g/mol. The molecule has 1 aliphatic heterocycles. The molecule has 0 aromatic heterocycles. The van der Waals surface area contributed by atoms with Crippen LogP contribution in [0.2, 0.25) is 15.1 Å². The van der Waals surface area contributed by atoms with Crippen LogP contribution in [-0.2, 0) is 4.79 Å². The normalized spacial score (nSPS) is 20.0. The topological polar surface area (TPSA) is 87.7 Å². The fourth-order valence-corrected chi connectivity index (χ4v) is 5.48. The summed E-state index contributed by atoms with van der Waals surface area (Å²) in [5.74, 6) is -0.547. The summed E-state index contributed by atoms with van der Waals surface area (Å²) in [5.41, 5.74) is 2.12. The summed E-state index contributed by atoms with van der Waals surface area (Å²) >= 11 is 18.6. The predicted octanol–water partition coefficient (Wildman–Crippen LogP) is 3.13. The molecule has 0 spiro atoms. The van der Waals surface area contributed by atoms with E-state index in [1.54, 1.807) is 36.4 Å². The molecule has 2 aliphatic rings. The first-order valence-electron chi connectivity index (χ1n) is 12.0. The van der Waals surface area contributed by atoms with Gasteiger partial charge in [-0.1, -0.05) is 40.9 Å². The van der Waals surface area contributed by atoms with Gasteiger partial charge in [-0.3, -0.25) is 4.79 Å². The zero-order valence-corrected chi connectivity index (χ0v) is 24.9. The van der Waals surface area contributed by atoms with Gasteiger partial charge in [0.05, 0.1) is 21.7 Å². The molecule has 1 N–H and O–H groups in total. The monoisotopic (exact) mass is 581 g/mol. The Hall–Kier alpha value is -1.93. The molecule has 0 bridgehead atoms. The summed E-state index contributed by atoms with van der Waals surface area (Å²) in [6, 6.07) is 15.6. The van der Waals surface area contributed by atoms with Crippen LogP contribution < -0.4 is 49.5 Å². The number of rotatable bonds is 6. The van der Waals surface area contributed by atoms with Crippen LogP contribution in [0.1, 0.15) is 59.0 Å². The standard InChI is InChI=1S/C28H24Cl3NO5.Na/c29-22-8-4-17(12-23(22)30)16-1-5-18(11-16)32-27(33)15-2-6-19(7-3-15)37-26-14-25-21(13-24(26)31)20(28(34)35)9-10-36-25;/h2-4,6-8,12-14,16,18,20H,1,5,9-11H2,(H,32,33)(H,34,35);/q;+1/p-1. The molecule has 0 saturated heterocycles. The number of nitrogens with one attached hydrogen (secondary N) is 1. The van der Waals surface area contributed by atoms with Gasteiger partial charge in [0, 0.05) is 35.1 Å². The predicted molar refractivity (Wildman–Crippen MR) is 140 cm³/mol. The molecule has 3 aromatic rings. The van der Waals surface area contributed by atoms with E-state index in [9.17, 15) is 14.7 Å². The maximum Gasteiger partial charge on any atom is 1.00 e. The number of aliphatic carboxylic acids is 1. The Morgan fingerprint density at radius 2 is 1.68 bits per heavy atom. The molecule has 192 valence electrons. The maximum atomic E-state index is 12.8. The maximum absolute atomic E-state index is 12.8. The fraction of sp³-hybridized carbons (Fsp3) is 0.286. The molecule has 3 aromatic carbocycles. The van der Waals surface area contributed by atoms with Crippen LogP contribution in [0.5, 0.6) is 17.2 Å². The van der Waals surface area contributed by atoms with Crippen molar-refractivity contribution in [2.24, 2.45) is 0 Å². The minimum Gasteiger partial charge on any atom is -0.549 e. The number of carbonyl (C=O) groups excluding carboxylic acids is 2. The van der Waals surface area contributed by atoms with E-state index in [2.05, 4.69) is 5.32 Å². The molecular weight excluding hydrogens is 560 g/mol. The number of hydrogen-bond donors (Lipinski definition) is 1. The summed E-state index contributed by atoms with van der Waals surface area (Å²) in [6.45, 7) is 0.270. The van der Waals surface area contributed by atoms with Gasteiger partial charge in [0.1, 0.15) is 17.2 Å². The summed E-state index contributed by atoms with van der Waals surface area (Å²) in [5, 5.41) is 15.9. The van der Waals surface area contributed by atoms with Crippen LogP contribution in [0.25, 0.3) is 0 Å². The van der Waals surface area contributed by atoms with Crippen LogP contribution in [-0.4, -0.2) is 24.5 Å². The SMILES string of the molecule is O=C(NC1CCC(c2ccc(Cl)c(Cl)c2)C1)c1ccc(Oc2cc3c(cc2Cl)C(C(=O)[O-])CCO3)cc1.[Na+].